The van der Waals surface area contributed by atoms with Crippen molar-refractivity contribution in [3.63, 3.8) is 0 Å². The van der Waals surface area contributed by atoms with Crippen LogP contribution in [-0.2, 0) is 0 Å². The van der Waals surface area contributed by atoms with Crippen LogP contribution >= 0.6 is 0 Å². The first kappa shape index (κ1) is 18.5. The van der Waals surface area contributed by atoms with E-state index in [1.54, 1.807) is 0 Å². The highest BCUT2D eigenvalue weighted by Crippen LogP contribution is 2.31. The van der Waals surface area contributed by atoms with Crippen molar-refractivity contribution in [2.75, 3.05) is 0 Å². The van der Waals surface area contributed by atoms with Crippen molar-refractivity contribution in [1.29, 1.82) is 0 Å². The third-order valence-electron chi connectivity index (χ3n) is 3.95. The summed E-state index contributed by atoms with van der Waals surface area (Å²) in [5, 5.41) is 0. The molecule has 0 saturated heterocycles. The Morgan fingerprint density at radius 3 is 2.00 bits per heavy atom. The van der Waals surface area contributed by atoms with E-state index >= 15 is 0 Å². The first-order valence-corrected chi connectivity index (χ1v) is 12.6. The van der Waals surface area contributed by atoms with E-state index < -0.39 is 8.07 Å². The van der Waals surface area contributed by atoms with Crippen LogP contribution in [0.2, 0.25) is 19.6 Å². The van der Waals surface area contributed by atoms with Crippen LogP contribution in [0.25, 0.3) is 11.6 Å². The lowest BCUT2D eigenvalue weighted by molar-refractivity contribution is 0.801. The standard InChI is InChI=1S/C23H30Si/c1-5-6-15-22(19-24(2,3)4)23(21-16-11-8-12-17-21)18-20-13-9-7-10-14-20/h7-14,16-19H,5-6,15H2,1-4H3. The van der Waals surface area contributed by atoms with E-state index in [4.69, 9.17) is 0 Å². The SMILES string of the molecule is CCCCC(=C[Si](C)(C)C)C(=Cc1ccccc1)c1ccccc1. The summed E-state index contributed by atoms with van der Waals surface area (Å²) in [4.78, 5) is 0. The van der Waals surface area contributed by atoms with Crippen LogP contribution < -0.4 is 0 Å². The fourth-order valence-corrected chi connectivity index (χ4v) is 4.21. The molecule has 0 aromatic heterocycles. The fraction of sp³-hybridized carbons (Fsp3) is 0.304. The van der Waals surface area contributed by atoms with Gasteiger partial charge in [-0.15, -0.1) is 0 Å². The zero-order chi connectivity index (χ0) is 17.4. The van der Waals surface area contributed by atoms with Gasteiger partial charge >= 0.3 is 0 Å². The molecule has 0 amide bonds. The molecule has 0 spiro atoms. The summed E-state index contributed by atoms with van der Waals surface area (Å²) in [5.41, 5.74) is 8.09. The molecule has 0 aliphatic heterocycles. The van der Waals surface area contributed by atoms with Crippen LogP contribution in [0.5, 0.6) is 0 Å². The monoisotopic (exact) mass is 334 g/mol. The number of hydrogen-bond donors (Lipinski definition) is 0. The van der Waals surface area contributed by atoms with Crippen LogP contribution in [0, 0.1) is 0 Å². The first-order chi connectivity index (χ1) is 11.5. The molecular weight excluding hydrogens is 304 g/mol. The van der Waals surface area contributed by atoms with E-state index in [9.17, 15) is 0 Å². The van der Waals surface area contributed by atoms with Gasteiger partial charge in [0.05, 0.1) is 8.07 Å². The molecule has 0 heterocycles. The maximum absolute atomic E-state index is 2.59. The fourth-order valence-electron chi connectivity index (χ4n) is 2.87. The Balaban J connectivity index is 2.54. The van der Waals surface area contributed by atoms with Gasteiger partial charge in [0.2, 0.25) is 0 Å². The molecule has 0 aliphatic rings. The van der Waals surface area contributed by atoms with E-state index in [2.05, 4.69) is 99.0 Å². The Morgan fingerprint density at radius 1 is 0.875 bits per heavy atom. The molecule has 24 heavy (non-hydrogen) atoms. The topological polar surface area (TPSA) is 0 Å². The summed E-state index contributed by atoms with van der Waals surface area (Å²) < 4.78 is 0. The second kappa shape index (κ2) is 8.84. The third kappa shape index (κ3) is 5.97. The molecule has 0 radical (unpaired) electrons. The van der Waals surface area contributed by atoms with Crippen molar-refractivity contribution < 1.29 is 0 Å². The highest BCUT2D eigenvalue weighted by atomic mass is 28.3. The van der Waals surface area contributed by atoms with Crippen LogP contribution in [0.4, 0.5) is 0 Å². The lowest BCUT2D eigenvalue weighted by Gasteiger charge is -2.18. The Kier molecular flexibility index (Phi) is 6.81. The Bertz CT molecular complexity index is 673. The molecule has 0 aliphatic carbocycles. The minimum atomic E-state index is -1.29. The molecule has 1 heteroatoms. The van der Waals surface area contributed by atoms with Crippen molar-refractivity contribution in [2.24, 2.45) is 0 Å². The molecule has 2 rings (SSSR count). The highest BCUT2D eigenvalue weighted by molar-refractivity contribution is 6.81. The largest absolute Gasteiger partial charge is 0.0913 e. The molecule has 2 aromatic rings. The number of allylic oxidation sites excluding steroid dienone is 2. The van der Waals surface area contributed by atoms with Crippen molar-refractivity contribution in [2.45, 2.75) is 45.8 Å². The number of unbranched alkanes of at least 4 members (excludes halogenated alkanes) is 1. The van der Waals surface area contributed by atoms with Crippen LogP contribution in [0.15, 0.2) is 71.9 Å². The summed E-state index contributed by atoms with van der Waals surface area (Å²) in [6, 6.07) is 21.5. The summed E-state index contributed by atoms with van der Waals surface area (Å²) in [6.07, 6.45) is 6.00. The second-order valence-electron chi connectivity index (χ2n) is 7.47. The van der Waals surface area contributed by atoms with Crippen molar-refractivity contribution in [3.05, 3.63) is 83.1 Å². The van der Waals surface area contributed by atoms with E-state index in [0.29, 0.717) is 0 Å². The summed E-state index contributed by atoms with van der Waals surface area (Å²) >= 11 is 0. The average Bonchev–Trinajstić information content (AvgIpc) is 2.57. The number of hydrogen-bond acceptors (Lipinski definition) is 0. The maximum Gasteiger partial charge on any atom is 0.0690 e. The predicted molar refractivity (Wildman–Crippen MR) is 112 cm³/mol. The van der Waals surface area contributed by atoms with Gasteiger partial charge in [0.25, 0.3) is 0 Å². The minimum absolute atomic E-state index is 1.16. The molecule has 0 saturated carbocycles. The van der Waals surface area contributed by atoms with Crippen LogP contribution in [0.1, 0.15) is 37.3 Å². The Hall–Kier alpha value is -1.86. The molecule has 0 fully saturated rings. The molecule has 0 N–H and O–H groups in total. The minimum Gasteiger partial charge on any atom is -0.0913 e. The average molecular weight is 335 g/mol. The van der Waals surface area contributed by atoms with Gasteiger partial charge in [0.1, 0.15) is 0 Å². The molecule has 0 atom stereocenters. The normalized spacial score (nSPS) is 13.2. The van der Waals surface area contributed by atoms with Crippen molar-refractivity contribution in [3.8, 4) is 0 Å². The van der Waals surface area contributed by atoms with Gasteiger partial charge in [-0.05, 0) is 41.2 Å². The molecular formula is C23H30Si. The predicted octanol–water partition coefficient (Wildman–Crippen LogP) is 7.22. The smallest absolute Gasteiger partial charge is 0.0690 e. The number of benzene rings is 2. The quantitative estimate of drug-likeness (QED) is 0.285. The zero-order valence-electron chi connectivity index (χ0n) is 15.5. The first-order valence-electron chi connectivity index (χ1n) is 9.04. The van der Waals surface area contributed by atoms with Gasteiger partial charge < -0.3 is 0 Å². The molecule has 0 bridgehead atoms. The molecule has 2 aromatic carbocycles. The summed E-state index contributed by atoms with van der Waals surface area (Å²) in [6.45, 7) is 9.54. The Morgan fingerprint density at radius 2 is 1.46 bits per heavy atom. The third-order valence-corrected chi connectivity index (χ3v) is 5.16. The van der Waals surface area contributed by atoms with Crippen molar-refractivity contribution >= 4 is 19.7 Å². The molecule has 0 unspecified atom stereocenters. The van der Waals surface area contributed by atoms with Crippen LogP contribution in [-0.4, -0.2) is 8.07 Å². The van der Waals surface area contributed by atoms with Gasteiger partial charge in [-0.2, -0.15) is 0 Å². The molecule has 0 nitrogen and oxygen atoms in total. The number of rotatable bonds is 7. The second-order valence-corrected chi connectivity index (χ2v) is 12.5. The van der Waals surface area contributed by atoms with E-state index in [1.165, 1.54) is 35.1 Å². The molecule has 126 valence electrons. The van der Waals surface area contributed by atoms with Gasteiger partial charge in [-0.1, -0.05) is 99.3 Å². The summed E-state index contributed by atoms with van der Waals surface area (Å²) in [7, 11) is -1.29. The van der Waals surface area contributed by atoms with Gasteiger partial charge in [-0.25, -0.2) is 0 Å². The van der Waals surface area contributed by atoms with E-state index in [-0.39, 0.29) is 0 Å². The van der Waals surface area contributed by atoms with E-state index in [1.807, 2.05) is 0 Å². The maximum atomic E-state index is 2.59. The lowest BCUT2D eigenvalue weighted by atomic mass is 9.93. The van der Waals surface area contributed by atoms with Gasteiger partial charge in [0.15, 0.2) is 0 Å². The van der Waals surface area contributed by atoms with E-state index in [0.717, 1.165) is 6.42 Å². The lowest BCUT2D eigenvalue weighted by Crippen LogP contribution is -2.17. The summed E-state index contributed by atoms with van der Waals surface area (Å²) in [5.74, 6) is 0. The van der Waals surface area contributed by atoms with Crippen LogP contribution in [0.3, 0.4) is 0 Å². The van der Waals surface area contributed by atoms with Crippen molar-refractivity contribution in [1.82, 2.24) is 0 Å². The zero-order valence-corrected chi connectivity index (χ0v) is 16.5. The highest BCUT2D eigenvalue weighted by Gasteiger charge is 2.15. The van der Waals surface area contributed by atoms with Gasteiger partial charge in [-0.3, -0.25) is 0 Å². The Labute approximate surface area is 149 Å². The van der Waals surface area contributed by atoms with Gasteiger partial charge in [0, 0.05) is 0 Å².